The first-order chi connectivity index (χ1) is 11.4. The molecule has 1 aromatic rings. The summed E-state index contributed by atoms with van der Waals surface area (Å²) in [6.07, 6.45) is 0.915. The number of rotatable bonds is 4. The topological polar surface area (TPSA) is 52.7 Å². The third kappa shape index (κ3) is 2.88. The van der Waals surface area contributed by atoms with Gasteiger partial charge >= 0.3 is 6.03 Å². The van der Waals surface area contributed by atoms with E-state index in [9.17, 15) is 14.0 Å². The van der Waals surface area contributed by atoms with Gasteiger partial charge < -0.3 is 10.2 Å². The van der Waals surface area contributed by atoms with E-state index in [0.29, 0.717) is 30.1 Å². The molecular weight excluding hydrogens is 309 g/mol. The lowest BCUT2D eigenvalue weighted by Gasteiger charge is -2.31. The van der Waals surface area contributed by atoms with Gasteiger partial charge in [0.1, 0.15) is 5.82 Å². The molecule has 2 heterocycles. The molecule has 0 bridgehead atoms. The standard InChI is InChI=1S/C18H22FN3O2/c1-11(2)8-9-22-10-14-15(17(22)23)16(20-18(24)21(14)3)12-4-6-13(19)7-5-12/h4-7,11,16H,8-10H2,1-3H3,(H,20,24)/t16-/m0/s1. The Morgan fingerprint density at radius 3 is 2.54 bits per heavy atom. The number of nitrogens with one attached hydrogen (secondary N) is 1. The molecule has 0 saturated heterocycles. The fourth-order valence-electron chi connectivity index (χ4n) is 3.12. The number of halogens is 1. The van der Waals surface area contributed by atoms with E-state index in [1.165, 1.54) is 17.0 Å². The summed E-state index contributed by atoms with van der Waals surface area (Å²) in [4.78, 5) is 28.4. The molecule has 128 valence electrons. The van der Waals surface area contributed by atoms with Crippen LogP contribution in [0.5, 0.6) is 0 Å². The van der Waals surface area contributed by atoms with Gasteiger partial charge in [0, 0.05) is 13.6 Å². The summed E-state index contributed by atoms with van der Waals surface area (Å²) in [5.74, 6) is 0.108. The molecule has 3 amide bonds. The van der Waals surface area contributed by atoms with Gasteiger partial charge in [-0.3, -0.25) is 9.69 Å². The lowest BCUT2D eigenvalue weighted by Crippen LogP contribution is -2.45. The predicted octanol–water partition coefficient (Wildman–Crippen LogP) is 2.66. The molecule has 2 aliphatic rings. The number of carbonyl (C=O) groups is 2. The number of amides is 3. The van der Waals surface area contributed by atoms with Crippen LogP contribution in [0.3, 0.4) is 0 Å². The van der Waals surface area contributed by atoms with Gasteiger partial charge in [0.2, 0.25) is 0 Å². The number of hydrogen-bond donors (Lipinski definition) is 1. The normalized spacial score (nSPS) is 20.8. The maximum absolute atomic E-state index is 13.2. The lowest BCUT2D eigenvalue weighted by atomic mass is 9.96. The predicted molar refractivity (Wildman–Crippen MR) is 88.5 cm³/mol. The molecule has 0 unspecified atom stereocenters. The first-order valence-corrected chi connectivity index (χ1v) is 8.20. The van der Waals surface area contributed by atoms with E-state index in [1.807, 2.05) is 0 Å². The zero-order valence-corrected chi connectivity index (χ0v) is 14.2. The van der Waals surface area contributed by atoms with E-state index in [1.54, 1.807) is 24.1 Å². The number of benzene rings is 1. The monoisotopic (exact) mass is 331 g/mol. The highest BCUT2D eigenvalue weighted by Crippen LogP contribution is 2.35. The second kappa shape index (κ2) is 6.26. The molecule has 0 aliphatic carbocycles. The Hall–Kier alpha value is -2.37. The molecule has 0 spiro atoms. The smallest absolute Gasteiger partial charge is 0.322 e. The van der Waals surface area contributed by atoms with Gasteiger partial charge in [-0.1, -0.05) is 26.0 Å². The fourth-order valence-corrected chi connectivity index (χ4v) is 3.12. The van der Waals surface area contributed by atoms with Crippen molar-refractivity contribution in [2.75, 3.05) is 20.1 Å². The van der Waals surface area contributed by atoms with Crippen molar-refractivity contribution in [3.8, 4) is 0 Å². The summed E-state index contributed by atoms with van der Waals surface area (Å²) in [5, 5.41) is 2.85. The zero-order valence-electron chi connectivity index (χ0n) is 14.2. The second-order valence-electron chi connectivity index (χ2n) is 6.76. The van der Waals surface area contributed by atoms with Crippen LogP contribution < -0.4 is 5.32 Å². The molecule has 6 heteroatoms. The molecule has 0 fully saturated rings. The quantitative estimate of drug-likeness (QED) is 0.922. The zero-order chi connectivity index (χ0) is 17.4. The van der Waals surface area contributed by atoms with Gasteiger partial charge in [-0.2, -0.15) is 0 Å². The van der Waals surface area contributed by atoms with Crippen molar-refractivity contribution in [3.63, 3.8) is 0 Å². The fraction of sp³-hybridized carbons (Fsp3) is 0.444. The molecule has 5 nitrogen and oxygen atoms in total. The Morgan fingerprint density at radius 1 is 1.25 bits per heavy atom. The minimum atomic E-state index is -0.527. The first-order valence-electron chi connectivity index (χ1n) is 8.20. The van der Waals surface area contributed by atoms with Crippen LogP contribution in [0.1, 0.15) is 31.9 Å². The molecule has 0 saturated carbocycles. The highest BCUT2D eigenvalue weighted by Gasteiger charge is 2.42. The van der Waals surface area contributed by atoms with Crippen molar-refractivity contribution < 1.29 is 14.0 Å². The molecule has 1 atom stereocenters. The molecule has 3 rings (SSSR count). The van der Waals surface area contributed by atoms with Gasteiger partial charge in [0.05, 0.1) is 23.9 Å². The summed E-state index contributed by atoms with van der Waals surface area (Å²) < 4.78 is 13.2. The highest BCUT2D eigenvalue weighted by molar-refractivity contribution is 6.01. The highest BCUT2D eigenvalue weighted by atomic mass is 19.1. The molecule has 0 radical (unpaired) electrons. The Morgan fingerprint density at radius 2 is 1.92 bits per heavy atom. The molecule has 24 heavy (non-hydrogen) atoms. The minimum Gasteiger partial charge on any atom is -0.333 e. The van der Waals surface area contributed by atoms with Crippen molar-refractivity contribution in [1.82, 2.24) is 15.1 Å². The van der Waals surface area contributed by atoms with E-state index in [0.717, 1.165) is 12.1 Å². The Bertz CT molecular complexity index is 697. The largest absolute Gasteiger partial charge is 0.333 e. The van der Waals surface area contributed by atoms with Gasteiger partial charge in [-0.15, -0.1) is 0 Å². The number of likely N-dealkylation sites (N-methyl/N-ethyl adjacent to an activating group) is 1. The van der Waals surface area contributed by atoms with E-state index in [-0.39, 0.29) is 17.8 Å². The Kier molecular flexibility index (Phi) is 4.30. The summed E-state index contributed by atoms with van der Waals surface area (Å²) in [6, 6.07) is 5.13. The van der Waals surface area contributed by atoms with Gasteiger partial charge in [-0.25, -0.2) is 9.18 Å². The molecular formula is C18H22FN3O2. The van der Waals surface area contributed by atoms with Crippen LogP contribution >= 0.6 is 0 Å². The minimum absolute atomic E-state index is 0.0492. The SMILES string of the molecule is CC(C)CCN1CC2=C(C1=O)[C@H](c1ccc(F)cc1)NC(=O)N2C. The summed E-state index contributed by atoms with van der Waals surface area (Å²) in [7, 11) is 1.67. The molecule has 1 aromatic carbocycles. The van der Waals surface area contributed by atoms with Crippen LogP contribution in [0.15, 0.2) is 35.5 Å². The number of nitrogens with zero attached hydrogens (tertiary/aromatic N) is 2. The van der Waals surface area contributed by atoms with Crippen LogP contribution in [0.2, 0.25) is 0 Å². The molecule has 1 N–H and O–H groups in total. The number of hydrogen-bond acceptors (Lipinski definition) is 2. The molecule has 2 aliphatic heterocycles. The van der Waals surface area contributed by atoms with Crippen molar-refractivity contribution in [3.05, 3.63) is 46.9 Å². The van der Waals surface area contributed by atoms with Crippen LogP contribution in [0.4, 0.5) is 9.18 Å². The van der Waals surface area contributed by atoms with E-state index >= 15 is 0 Å². The van der Waals surface area contributed by atoms with Crippen molar-refractivity contribution in [2.24, 2.45) is 5.92 Å². The number of urea groups is 1. The summed E-state index contributed by atoms with van der Waals surface area (Å²) in [6.45, 7) is 5.35. The van der Waals surface area contributed by atoms with Crippen molar-refractivity contribution >= 4 is 11.9 Å². The number of carbonyl (C=O) groups excluding carboxylic acids is 2. The van der Waals surface area contributed by atoms with Gasteiger partial charge in [0.15, 0.2) is 0 Å². The van der Waals surface area contributed by atoms with E-state index in [4.69, 9.17) is 0 Å². The average Bonchev–Trinajstić information content (AvgIpc) is 2.87. The second-order valence-corrected chi connectivity index (χ2v) is 6.76. The maximum atomic E-state index is 13.2. The Labute approximate surface area is 141 Å². The average molecular weight is 331 g/mol. The third-order valence-corrected chi connectivity index (χ3v) is 4.61. The van der Waals surface area contributed by atoms with Crippen LogP contribution in [0.25, 0.3) is 0 Å². The molecule has 0 aromatic heterocycles. The van der Waals surface area contributed by atoms with Crippen LogP contribution in [-0.4, -0.2) is 41.9 Å². The van der Waals surface area contributed by atoms with E-state index < -0.39 is 6.04 Å². The van der Waals surface area contributed by atoms with Gasteiger partial charge in [-0.05, 0) is 30.0 Å². The summed E-state index contributed by atoms with van der Waals surface area (Å²) >= 11 is 0. The van der Waals surface area contributed by atoms with Crippen LogP contribution in [-0.2, 0) is 4.79 Å². The maximum Gasteiger partial charge on any atom is 0.322 e. The lowest BCUT2D eigenvalue weighted by molar-refractivity contribution is -0.125. The Balaban J connectivity index is 1.92. The first kappa shape index (κ1) is 16.5. The van der Waals surface area contributed by atoms with E-state index in [2.05, 4.69) is 19.2 Å². The van der Waals surface area contributed by atoms with Crippen molar-refractivity contribution in [1.29, 1.82) is 0 Å². The van der Waals surface area contributed by atoms with Crippen LogP contribution in [0, 0.1) is 11.7 Å². The summed E-state index contributed by atoms with van der Waals surface area (Å²) in [5.41, 5.74) is 2.04. The van der Waals surface area contributed by atoms with Gasteiger partial charge in [0.25, 0.3) is 5.91 Å². The third-order valence-electron chi connectivity index (χ3n) is 4.61. The van der Waals surface area contributed by atoms with Crippen molar-refractivity contribution in [2.45, 2.75) is 26.3 Å².